The maximum Gasteiger partial charge on any atom is 0.194 e. The number of benzene rings is 1. The molecule has 0 amide bonds. The Morgan fingerprint density at radius 3 is 0.889 bits per heavy atom. The van der Waals surface area contributed by atoms with E-state index in [-0.39, 0.29) is 16.3 Å². The number of nitrogens with one attached hydrogen (secondary N) is 3. The van der Waals surface area contributed by atoms with E-state index in [9.17, 15) is 14.4 Å². The molecular weight excluding hydrogens is 342 g/mol. The van der Waals surface area contributed by atoms with Gasteiger partial charge in [-0.25, -0.2) is 0 Å². The zero-order chi connectivity index (χ0) is 19.8. The molecule has 0 fully saturated rings. The van der Waals surface area contributed by atoms with E-state index in [1.165, 1.54) is 0 Å². The molecule has 0 saturated heterocycles. The third kappa shape index (κ3) is 2.10. The summed E-state index contributed by atoms with van der Waals surface area (Å²) in [5.74, 6) is 0. The Morgan fingerprint density at radius 2 is 0.667 bits per heavy atom. The van der Waals surface area contributed by atoms with E-state index in [1.807, 2.05) is 20.8 Å². The first-order chi connectivity index (χ1) is 12.6. The summed E-state index contributed by atoms with van der Waals surface area (Å²) in [7, 11) is 0. The van der Waals surface area contributed by atoms with Gasteiger partial charge >= 0.3 is 0 Å². The van der Waals surface area contributed by atoms with Crippen molar-refractivity contribution in [1.82, 2.24) is 15.0 Å². The number of H-pyrrole nitrogens is 3. The van der Waals surface area contributed by atoms with Crippen LogP contribution in [0, 0.1) is 41.5 Å². The second-order valence-corrected chi connectivity index (χ2v) is 7.36. The lowest BCUT2D eigenvalue weighted by Gasteiger charge is -2.14. The molecule has 3 aromatic heterocycles. The molecule has 138 valence electrons. The Labute approximate surface area is 154 Å². The second kappa shape index (κ2) is 5.42. The van der Waals surface area contributed by atoms with E-state index in [1.54, 1.807) is 20.8 Å². The van der Waals surface area contributed by atoms with Gasteiger partial charge in [0.05, 0.1) is 32.7 Å². The Morgan fingerprint density at radius 1 is 0.444 bits per heavy atom. The van der Waals surface area contributed by atoms with Crippen LogP contribution in [0.2, 0.25) is 0 Å². The van der Waals surface area contributed by atoms with Gasteiger partial charge < -0.3 is 15.0 Å². The Bertz CT molecular complexity index is 1270. The lowest BCUT2D eigenvalue weighted by Crippen LogP contribution is -2.19. The van der Waals surface area contributed by atoms with Crippen LogP contribution in [0.25, 0.3) is 32.7 Å². The minimum atomic E-state index is -0.176. The quantitative estimate of drug-likeness (QED) is 0.419. The van der Waals surface area contributed by atoms with Crippen molar-refractivity contribution in [2.45, 2.75) is 41.5 Å². The lowest BCUT2D eigenvalue weighted by molar-refractivity contribution is 1.15. The number of fused-ring (bicyclic) bond motifs is 6. The van der Waals surface area contributed by atoms with Crippen molar-refractivity contribution in [3.05, 3.63) is 64.4 Å². The predicted molar refractivity (Wildman–Crippen MR) is 109 cm³/mol. The summed E-state index contributed by atoms with van der Waals surface area (Å²) >= 11 is 0. The van der Waals surface area contributed by atoms with Crippen molar-refractivity contribution in [2.75, 3.05) is 0 Å². The molecule has 0 radical (unpaired) electrons. The van der Waals surface area contributed by atoms with Crippen molar-refractivity contribution >= 4 is 32.7 Å². The molecule has 1 aromatic carbocycles. The van der Waals surface area contributed by atoms with Gasteiger partial charge in [0.25, 0.3) is 0 Å². The molecule has 6 heteroatoms. The van der Waals surface area contributed by atoms with E-state index in [2.05, 4.69) is 15.0 Å². The average molecular weight is 363 g/mol. The van der Waals surface area contributed by atoms with Crippen LogP contribution < -0.4 is 16.3 Å². The summed E-state index contributed by atoms with van der Waals surface area (Å²) in [4.78, 5) is 49.1. The van der Waals surface area contributed by atoms with E-state index in [0.717, 1.165) is 0 Å². The molecule has 4 rings (SSSR count). The normalized spacial score (nSPS) is 11.8. The highest BCUT2D eigenvalue weighted by atomic mass is 16.1. The van der Waals surface area contributed by atoms with Crippen molar-refractivity contribution in [3.8, 4) is 0 Å². The van der Waals surface area contributed by atoms with Crippen LogP contribution in [0.1, 0.15) is 33.8 Å². The van der Waals surface area contributed by atoms with E-state index in [4.69, 9.17) is 0 Å². The predicted octanol–water partition coefficient (Wildman–Crippen LogP) is 3.06. The van der Waals surface area contributed by atoms with Crippen molar-refractivity contribution < 1.29 is 0 Å². The van der Waals surface area contributed by atoms with Crippen LogP contribution in [-0.4, -0.2) is 15.0 Å². The number of rotatable bonds is 0. The van der Waals surface area contributed by atoms with Gasteiger partial charge in [-0.1, -0.05) is 0 Å². The van der Waals surface area contributed by atoms with Crippen LogP contribution >= 0.6 is 0 Å². The smallest absolute Gasteiger partial charge is 0.194 e. The van der Waals surface area contributed by atoms with Gasteiger partial charge in [-0.2, -0.15) is 0 Å². The Hall–Kier alpha value is -3.15. The molecule has 0 atom stereocenters. The fourth-order valence-electron chi connectivity index (χ4n) is 3.72. The third-order valence-corrected chi connectivity index (χ3v) is 5.83. The number of hydrogen-bond acceptors (Lipinski definition) is 3. The zero-order valence-electron chi connectivity index (χ0n) is 16.2. The summed E-state index contributed by atoms with van der Waals surface area (Å²) in [6.45, 7) is 10.7. The maximum absolute atomic E-state index is 13.1. The largest absolute Gasteiger partial charge is 0.357 e. The lowest BCUT2D eigenvalue weighted by atomic mass is 9.98. The van der Waals surface area contributed by atoms with Crippen molar-refractivity contribution in [3.63, 3.8) is 0 Å². The molecular formula is C21H21N3O3. The highest BCUT2D eigenvalue weighted by Crippen LogP contribution is 2.29. The Balaban J connectivity index is 2.60. The van der Waals surface area contributed by atoms with Crippen LogP contribution in [0.3, 0.4) is 0 Å². The van der Waals surface area contributed by atoms with Gasteiger partial charge in [0.15, 0.2) is 16.3 Å². The molecule has 0 unspecified atom stereocenters. The Kier molecular flexibility index (Phi) is 3.47. The van der Waals surface area contributed by atoms with E-state index < -0.39 is 0 Å². The first kappa shape index (κ1) is 17.3. The number of aromatic amines is 3. The highest BCUT2D eigenvalue weighted by molar-refractivity contribution is 6.21. The third-order valence-electron chi connectivity index (χ3n) is 5.83. The molecule has 27 heavy (non-hydrogen) atoms. The monoisotopic (exact) mass is 363 g/mol. The first-order valence-electron chi connectivity index (χ1n) is 8.86. The zero-order valence-corrected chi connectivity index (χ0v) is 16.2. The summed E-state index contributed by atoms with van der Waals surface area (Å²) < 4.78 is 0. The number of aryl methyl sites for hydroxylation is 3. The molecule has 0 spiro atoms. The van der Waals surface area contributed by atoms with Gasteiger partial charge in [-0.05, 0) is 41.5 Å². The molecule has 0 saturated carbocycles. The van der Waals surface area contributed by atoms with Gasteiger partial charge in [0, 0.05) is 33.8 Å². The first-order valence-corrected chi connectivity index (χ1v) is 8.86. The van der Waals surface area contributed by atoms with Crippen molar-refractivity contribution in [1.29, 1.82) is 0 Å². The minimum Gasteiger partial charge on any atom is -0.357 e. The second-order valence-electron chi connectivity index (χ2n) is 7.36. The van der Waals surface area contributed by atoms with Crippen LogP contribution in [0.5, 0.6) is 0 Å². The van der Waals surface area contributed by atoms with E-state index >= 15 is 0 Å². The molecule has 0 aliphatic carbocycles. The highest BCUT2D eigenvalue weighted by Gasteiger charge is 2.21. The maximum atomic E-state index is 13.1. The molecule has 0 bridgehead atoms. The van der Waals surface area contributed by atoms with Gasteiger partial charge in [0.2, 0.25) is 0 Å². The van der Waals surface area contributed by atoms with Crippen LogP contribution in [0.15, 0.2) is 14.4 Å². The molecule has 3 N–H and O–H groups in total. The van der Waals surface area contributed by atoms with Gasteiger partial charge in [-0.15, -0.1) is 0 Å². The SMILES string of the molecule is Cc1[nH]c2c(c(=O)c1C)c1[nH]c(C)c(C)c(=O)c1c1[nH]c(C)c(C)c(=O)c21. The number of hydrogen-bond donors (Lipinski definition) is 3. The van der Waals surface area contributed by atoms with Gasteiger partial charge in [-0.3, -0.25) is 14.4 Å². The number of pyridine rings is 3. The summed E-state index contributed by atoms with van der Waals surface area (Å²) in [5.41, 5.74) is 4.70. The topological polar surface area (TPSA) is 98.6 Å². The minimum absolute atomic E-state index is 0.176. The van der Waals surface area contributed by atoms with E-state index in [0.29, 0.717) is 66.5 Å². The standard InChI is InChI=1S/C21H21N3O3/c1-7-10(4)22-16-13(19(7)25)17-15(21(27)8(2)11(5)23-17)18-14(16)20(26)9(3)12(6)24-18/h1-6H3,(H,22,25)(H,23,27)(H,24,26). The van der Waals surface area contributed by atoms with Gasteiger partial charge in [0.1, 0.15) is 0 Å². The van der Waals surface area contributed by atoms with Crippen LogP contribution in [0.4, 0.5) is 0 Å². The summed E-state index contributed by atoms with van der Waals surface area (Å²) in [6.07, 6.45) is 0. The summed E-state index contributed by atoms with van der Waals surface area (Å²) in [5, 5.41) is 1.07. The van der Waals surface area contributed by atoms with Crippen molar-refractivity contribution in [2.24, 2.45) is 0 Å². The summed E-state index contributed by atoms with van der Waals surface area (Å²) in [6, 6.07) is 0. The number of aromatic nitrogens is 3. The molecule has 0 aliphatic heterocycles. The average Bonchev–Trinajstić information content (AvgIpc) is 2.61. The molecule has 3 heterocycles. The van der Waals surface area contributed by atoms with Crippen LogP contribution in [-0.2, 0) is 0 Å². The fourth-order valence-corrected chi connectivity index (χ4v) is 3.72. The molecule has 0 aliphatic rings. The fraction of sp³-hybridized carbons (Fsp3) is 0.286. The molecule has 6 nitrogen and oxygen atoms in total. The molecule has 4 aromatic rings.